The van der Waals surface area contributed by atoms with Crippen molar-refractivity contribution in [1.82, 2.24) is 20.2 Å². The van der Waals surface area contributed by atoms with Crippen molar-refractivity contribution in [2.24, 2.45) is 0 Å². The molecule has 0 atom stereocenters. The van der Waals surface area contributed by atoms with Crippen LogP contribution < -0.4 is 10.1 Å². The summed E-state index contributed by atoms with van der Waals surface area (Å²) in [7, 11) is 1.65. The number of likely N-dealkylation sites (tertiary alicyclic amines) is 1. The fourth-order valence-corrected chi connectivity index (χ4v) is 3.87. The van der Waals surface area contributed by atoms with Crippen molar-refractivity contribution in [2.75, 3.05) is 26.7 Å². The fraction of sp³-hybridized carbons (Fsp3) is 0.476. The van der Waals surface area contributed by atoms with E-state index in [1.54, 1.807) is 7.11 Å². The number of hydrogen-bond donors (Lipinski definition) is 1. The van der Waals surface area contributed by atoms with E-state index in [9.17, 15) is 4.79 Å². The lowest BCUT2D eigenvalue weighted by Crippen LogP contribution is -2.39. The molecule has 6 heteroatoms. The first kappa shape index (κ1) is 17.9. The molecule has 1 aromatic carbocycles. The van der Waals surface area contributed by atoms with Gasteiger partial charge in [-0.05, 0) is 30.5 Å². The number of nitrogens with zero attached hydrogens (tertiary/aromatic N) is 3. The van der Waals surface area contributed by atoms with Crippen LogP contribution in [0.3, 0.4) is 0 Å². The van der Waals surface area contributed by atoms with E-state index in [0.29, 0.717) is 12.3 Å². The number of fused-ring (bicyclic) bond motifs is 1. The summed E-state index contributed by atoms with van der Waals surface area (Å²) in [4.78, 5) is 24.0. The van der Waals surface area contributed by atoms with Crippen molar-refractivity contribution in [3.63, 3.8) is 0 Å². The van der Waals surface area contributed by atoms with Crippen molar-refractivity contribution < 1.29 is 9.53 Å². The molecular weight excluding hydrogens is 340 g/mol. The second-order valence-corrected chi connectivity index (χ2v) is 7.31. The Morgan fingerprint density at radius 3 is 2.78 bits per heavy atom. The quantitative estimate of drug-likeness (QED) is 0.897. The Labute approximate surface area is 160 Å². The van der Waals surface area contributed by atoms with Crippen LogP contribution in [0.2, 0.25) is 0 Å². The molecule has 4 rings (SSSR count). The minimum atomic E-state index is 0.191. The molecule has 1 amide bonds. The van der Waals surface area contributed by atoms with Gasteiger partial charge in [0.25, 0.3) is 0 Å². The molecule has 3 heterocycles. The second kappa shape index (κ2) is 8.05. The lowest BCUT2D eigenvalue weighted by molar-refractivity contribution is -0.131. The van der Waals surface area contributed by atoms with Crippen LogP contribution in [0.25, 0.3) is 0 Å². The minimum Gasteiger partial charge on any atom is -0.497 e. The van der Waals surface area contributed by atoms with Crippen LogP contribution >= 0.6 is 0 Å². The standard InChI is InChI=1S/C21H26N4O2/c1-27-18-4-2-15(3-5-18)12-20(26)25-10-7-16(8-11-25)21-23-14-17-13-22-9-6-19(17)24-21/h2-5,14,16,22H,6-13H2,1H3. The molecule has 1 N–H and O–H groups in total. The Bertz CT molecular complexity index is 798. The number of amides is 1. The summed E-state index contributed by atoms with van der Waals surface area (Å²) in [6, 6.07) is 7.72. The van der Waals surface area contributed by atoms with E-state index in [0.717, 1.165) is 62.6 Å². The molecule has 2 aromatic rings. The van der Waals surface area contributed by atoms with Crippen LogP contribution in [-0.2, 0) is 24.2 Å². The van der Waals surface area contributed by atoms with Crippen LogP contribution in [0.4, 0.5) is 0 Å². The summed E-state index contributed by atoms with van der Waals surface area (Å²) in [6.45, 7) is 3.42. The average Bonchev–Trinajstić information content (AvgIpc) is 2.74. The van der Waals surface area contributed by atoms with Gasteiger partial charge in [0, 0.05) is 56.0 Å². The van der Waals surface area contributed by atoms with Crippen molar-refractivity contribution >= 4 is 5.91 Å². The van der Waals surface area contributed by atoms with Gasteiger partial charge >= 0.3 is 0 Å². The number of hydrogen-bond acceptors (Lipinski definition) is 5. The largest absolute Gasteiger partial charge is 0.497 e. The van der Waals surface area contributed by atoms with Crippen molar-refractivity contribution in [2.45, 2.75) is 38.1 Å². The van der Waals surface area contributed by atoms with Crippen LogP contribution in [0.5, 0.6) is 5.75 Å². The number of rotatable bonds is 4. The number of carbonyl (C=O) groups excluding carboxylic acids is 1. The fourth-order valence-electron chi connectivity index (χ4n) is 3.87. The molecule has 6 nitrogen and oxygen atoms in total. The molecule has 0 bridgehead atoms. The van der Waals surface area contributed by atoms with Crippen molar-refractivity contribution in [3.8, 4) is 5.75 Å². The average molecular weight is 366 g/mol. The molecule has 1 fully saturated rings. The van der Waals surface area contributed by atoms with Gasteiger partial charge in [-0.2, -0.15) is 0 Å². The molecule has 1 saturated heterocycles. The SMILES string of the molecule is COc1ccc(CC(=O)N2CCC(c3ncc4c(n3)CCNC4)CC2)cc1. The normalized spacial score (nSPS) is 17.4. The molecule has 1 aromatic heterocycles. The van der Waals surface area contributed by atoms with Gasteiger partial charge in [-0.25, -0.2) is 9.97 Å². The highest BCUT2D eigenvalue weighted by Crippen LogP contribution is 2.27. The van der Waals surface area contributed by atoms with Gasteiger partial charge in [-0.3, -0.25) is 4.79 Å². The lowest BCUT2D eigenvalue weighted by atomic mass is 9.95. The molecule has 27 heavy (non-hydrogen) atoms. The zero-order valence-electron chi connectivity index (χ0n) is 15.8. The third-order valence-electron chi connectivity index (χ3n) is 5.55. The summed E-state index contributed by atoms with van der Waals surface area (Å²) >= 11 is 0. The smallest absolute Gasteiger partial charge is 0.226 e. The van der Waals surface area contributed by atoms with E-state index in [-0.39, 0.29) is 5.91 Å². The van der Waals surface area contributed by atoms with Crippen LogP contribution in [0.1, 0.15) is 41.4 Å². The molecular formula is C21H26N4O2. The third-order valence-corrected chi connectivity index (χ3v) is 5.55. The van der Waals surface area contributed by atoms with E-state index in [2.05, 4.69) is 10.3 Å². The first-order valence-corrected chi connectivity index (χ1v) is 9.69. The summed E-state index contributed by atoms with van der Waals surface area (Å²) in [5.74, 6) is 2.32. The highest BCUT2D eigenvalue weighted by Gasteiger charge is 2.26. The number of benzene rings is 1. The number of methoxy groups -OCH3 is 1. The maximum Gasteiger partial charge on any atom is 0.226 e. The maximum atomic E-state index is 12.6. The Morgan fingerprint density at radius 1 is 1.26 bits per heavy atom. The molecule has 0 unspecified atom stereocenters. The Kier molecular flexibility index (Phi) is 5.34. The number of nitrogens with one attached hydrogen (secondary N) is 1. The van der Waals surface area contributed by atoms with E-state index in [1.807, 2.05) is 35.4 Å². The predicted molar refractivity (Wildman–Crippen MR) is 103 cm³/mol. The van der Waals surface area contributed by atoms with E-state index >= 15 is 0 Å². The van der Waals surface area contributed by atoms with E-state index < -0.39 is 0 Å². The molecule has 0 spiro atoms. The summed E-state index contributed by atoms with van der Waals surface area (Å²) in [5.41, 5.74) is 3.43. The van der Waals surface area contributed by atoms with Crippen LogP contribution in [0.15, 0.2) is 30.5 Å². The monoisotopic (exact) mass is 366 g/mol. The summed E-state index contributed by atoms with van der Waals surface area (Å²) < 4.78 is 5.17. The van der Waals surface area contributed by atoms with Gasteiger partial charge in [-0.1, -0.05) is 12.1 Å². The number of carbonyl (C=O) groups is 1. The first-order chi connectivity index (χ1) is 13.2. The van der Waals surface area contributed by atoms with Gasteiger partial charge in [0.05, 0.1) is 13.5 Å². The first-order valence-electron chi connectivity index (χ1n) is 9.69. The predicted octanol–water partition coefficient (Wildman–Crippen LogP) is 2.08. The van der Waals surface area contributed by atoms with E-state index in [1.165, 1.54) is 11.3 Å². The Hall–Kier alpha value is -2.47. The van der Waals surface area contributed by atoms with Crippen LogP contribution in [-0.4, -0.2) is 47.5 Å². The zero-order valence-corrected chi connectivity index (χ0v) is 15.8. The number of aromatic nitrogens is 2. The lowest BCUT2D eigenvalue weighted by Gasteiger charge is -2.31. The molecule has 142 valence electrons. The van der Waals surface area contributed by atoms with Gasteiger partial charge in [-0.15, -0.1) is 0 Å². The Morgan fingerprint density at radius 2 is 2.04 bits per heavy atom. The van der Waals surface area contributed by atoms with Gasteiger partial charge in [0.2, 0.25) is 5.91 Å². The number of ether oxygens (including phenoxy) is 1. The van der Waals surface area contributed by atoms with Crippen molar-refractivity contribution in [1.29, 1.82) is 0 Å². The molecule has 0 radical (unpaired) electrons. The number of piperidine rings is 1. The highest BCUT2D eigenvalue weighted by molar-refractivity contribution is 5.78. The zero-order chi connectivity index (χ0) is 18.6. The van der Waals surface area contributed by atoms with Gasteiger partial charge in [0.1, 0.15) is 11.6 Å². The van der Waals surface area contributed by atoms with Crippen molar-refractivity contribution in [3.05, 3.63) is 53.1 Å². The molecule has 0 aliphatic carbocycles. The van der Waals surface area contributed by atoms with Gasteiger partial charge < -0.3 is 15.0 Å². The molecule has 2 aliphatic rings. The summed E-state index contributed by atoms with van der Waals surface area (Å²) in [6.07, 6.45) is 5.27. The molecule has 2 aliphatic heterocycles. The highest BCUT2D eigenvalue weighted by atomic mass is 16.5. The van der Waals surface area contributed by atoms with Gasteiger partial charge in [0.15, 0.2) is 0 Å². The minimum absolute atomic E-state index is 0.191. The Balaban J connectivity index is 1.33. The third kappa shape index (κ3) is 4.11. The second-order valence-electron chi connectivity index (χ2n) is 7.31. The summed E-state index contributed by atoms with van der Waals surface area (Å²) in [5, 5.41) is 3.35. The topological polar surface area (TPSA) is 67.3 Å². The molecule has 0 saturated carbocycles. The maximum absolute atomic E-state index is 12.6. The van der Waals surface area contributed by atoms with Crippen LogP contribution in [0, 0.1) is 0 Å². The van der Waals surface area contributed by atoms with E-state index in [4.69, 9.17) is 9.72 Å².